The first-order valence-electron chi connectivity index (χ1n) is 9.02. The van der Waals surface area contributed by atoms with Crippen LogP contribution in [0.15, 0.2) is 36.5 Å². The van der Waals surface area contributed by atoms with E-state index in [1.807, 2.05) is 6.20 Å². The zero-order valence-corrected chi connectivity index (χ0v) is 13.9. The van der Waals surface area contributed by atoms with E-state index in [-0.39, 0.29) is 5.41 Å². The van der Waals surface area contributed by atoms with Crippen molar-refractivity contribution in [3.8, 4) is 11.3 Å². The van der Waals surface area contributed by atoms with Crippen molar-refractivity contribution in [1.82, 2.24) is 4.98 Å². The second-order valence-corrected chi connectivity index (χ2v) is 8.71. The number of nitrogens with zero attached hydrogens (tertiary/aromatic N) is 1. The predicted octanol–water partition coefficient (Wildman–Crippen LogP) is 5.46. The molecule has 23 heavy (non-hydrogen) atoms. The van der Waals surface area contributed by atoms with Crippen LogP contribution in [0.4, 0.5) is 0 Å². The molecular weight excluding hydrogens is 302 g/mol. The molecular formula is C21H20ClN. The molecule has 116 valence electrons. The third-order valence-corrected chi connectivity index (χ3v) is 7.56. The first-order chi connectivity index (χ1) is 11.3. The van der Waals surface area contributed by atoms with Crippen LogP contribution < -0.4 is 0 Å². The molecule has 1 nitrogen and oxygen atoms in total. The van der Waals surface area contributed by atoms with Crippen molar-refractivity contribution in [2.75, 3.05) is 0 Å². The zero-order valence-electron chi connectivity index (χ0n) is 13.1. The van der Waals surface area contributed by atoms with Crippen LogP contribution in [0.2, 0.25) is 5.02 Å². The molecule has 2 heteroatoms. The van der Waals surface area contributed by atoms with E-state index in [9.17, 15) is 0 Å². The number of hydrogen-bond donors (Lipinski definition) is 0. The van der Waals surface area contributed by atoms with Gasteiger partial charge in [0.25, 0.3) is 0 Å². The number of halogens is 1. The first-order valence-corrected chi connectivity index (χ1v) is 9.40. The molecule has 5 aliphatic rings. The summed E-state index contributed by atoms with van der Waals surface area (Å²) in [5.41, 5.74) is 5.78. The number of aromatic nitrogens is 1. The van der Waals surface area contributed by atoms with Gasteiger partial charge in [-0.2, -0.15) is 0 Å². The van der Waals surface area contributed by atoms with Gasteiger partial charge in [-0.05, 0) is 73.0 Å². The smallest absolute Gasteiger partial charge is 0.0747 e. The second-order valence-electron chi connectivity index (χ2n) is 8.27. The monoisotopic (exact) mass is 321 g/mol. The second kappa shape index (κ2) is 4.19. The van der Waals surface area contributed by atoms with Crippen LogP contribution >= 0.6 is 11.6 Å². The van der Waals surface area contributed by atoms with Crippen LogP contribution in [-0.2, 0) is 5.41 Å². The average Bonchev–Trinajstić information content (AvgIpc) is 2.83. The molecule has 5 aliphatic carbocycles. The molecule has 0 aliphatic heterocycles. The van der Waals surface area contributed by atoms with Crippen molar-refractivity contribution < 1.29 is 0 Å². The highest BCUT2D eigenvalue weighted by Crippen LogP contribution is 2.69. The molecule has 0 atom stereocenters. The average molecular weight is 322 g/mol. The van der Waals surface area contributed by atoms with E-state index >= 15 is 0 Å². The zero-order chi connectivity index (χ0) is 15.2. The van der Waals surface area contributed by atoms with Crippen molar-refractivity contribution in [2.24, 2.45) is 23.7 Å². The highest BCUT2D eigenvalue weighted by Gasteiger charge is 2.61. The summed E-state index contributed by atoms with van der Waals surface area (Å²) in [6.07, 6.45) is 8.96. The Morgan fingerprint density at radius 2 is 1.61 bits per heavy atom. The van der Waals surface area contributed by atoms with E-state index in [1.165, 1.54) is 48.9 Å². The Kier molecular flexibility index (Phi) is 2.37. The van der Waals surface area contributed by atoms with Crippen LogP contribution in [0, 0.1) is 23.7 Å². The van der Waals surface area contributed by atoms with Crippen molar-refractivity contribution in [2.45, 2.75) is 37.5 Å². The van der Waals surface area contributed by atoms with E-state index in [4.69, 9.17) is 16.6 Å². The van der Waals surface area contributed by atoms with Gasteiger partial charge >= 0.3 is 0 Å². The summed E-state index contributed by atoms with van der Waals surface area (Å²) in [6.45, 7) is 0. The lowest BCUT2D eigenvalue weighted by Gasteiger charge is -2.61. The molecule has 1 aromatic carbocycles. The van der Waals surface area contributed by atoms with Crippen molar-refractivity contribution in [3.05, 3.63) is 52.7 Å². The molecule has 1 spiro atoms. The Labute approximate surface area is 142 Å². The summed E-state index contributed by atoms with van der Waals surface area (Å²) in [7, 11) is 0. The number of rotatable bonds is 0. The molecule has 4 bridgehead atoms. The minimum absolute atomic E-state index is 0.206. The lowest BCUT2D eigenvalue weighted by atomic mass is 9.43. The molecule has 2 aromatic rings. The van der Waals surface area contributed by atoms with Crippen LogP contribution in [0.1, 0.15) is 43.2 Å². The molecule has 0 unspecified atom stereocenters. The Morgan fingerprint density at radius 1 is 0.913 bits per heavy atom. The summed E-state index contributed by atoms with van der Waals surface area (Å²) in [5.74, 6) is 3.54. The van der Waals surface area contributed by atoms with E-state index < -0.39 is 0 Å². The van der Waals surface area contributed by atoms with Gasteiger partial charge in [-0.25, -0.2) is 0 Å². The summed E-state index contributed by atoms with van der Waals surface area (Å²) in [5, 5.41) is 0.796. The van der Waals surface area contributed by atoms with Gasteiger partial charge in [0.1, 0.15) is 0 Å². The van der Waals surface area contributed by atoms with E-state index in [0.29, 0.717) is 0 Å². The van der Waals surface area contributed by atoms with E-state index in [1.54, 1.807) is 5.56 Å². The normalized spacial score (nSPS) is 38.8. The van der Waals surface area contributed by atoms with Crippen molar-refractivity contribution >= 4 is 11.6 Å². The molecule has 7 rings (SSSR count). The maximum atomic E-state index is 6.40. The summed E-state index contributed by atoms with van der Waals surface area (Å²) >= 11 is 6.40. The first kappa shape index (κ1) is 13.0. The molecule has 0 radical (unpaired) electrons. The highest BCUT2D eigenvalue weighted by atomic mass is 35.5. The number of hydrogen-bond acceptors (Lipinski definition) is 1. The van der Waals surface area contributed by atoms with E-state index in [2.05, 4.69) is 30.3 Å². The molecule has 0 N–H and O–H groups in total. The SMILES string of the molecule is Clc1cnc2c(c1)C1(c3ccccc3-2)C2CC3CC(C2)CC1C3. The predicted molar refractivity (Wildman–Crippen MR) is 92.5 cm³/mol. The fourth-order valence-corrected chi connectivity index (χ4v) is 7.13. The summed E-state index contributed by atoms with van der Waals surface area (Å²) < 4.78 is 0. The van der Waals surface area contributed by atoms with Gasteiger partial charge in [0.05, 0.1) is 10.7 Å². The summed E-state index contributed by atoms with van der Waals surface area (Å²) in [4.78, 5) is 4.78. The van der Waals surface area contributed by atoms with Gasteiger partial charge in [-0.15, -0.1) is 0 Å². The molecule has 0 saturated heterocycles. The molecule has 0 amide bonds. The topological polar surface area (TPSA) is 12.9 Å². The molecule has 1 heterocycles. The van der Waals surface area contributed by atoms with Crippen LogP contribution in [0.3, 0.4) is 0 Å². The Balaban J connectivity index is 1.69. The third-order valence-electron chi connectivity index (χ3n) is 7.35. The van der Waals surface area contributed by atoms with Crippen LogP contribution in [-0.4, -0.2) is 4.98 Å². The highest BCUT2D eigenvalue weighted by molar-refractivity contribution is 6.30. The van der Waals surface area contributed by atoms with Gasteiger partial charge in [0.2, 0.25) is 0 Å². The minimum Gasteiger partial charge on any atom is -0.254 e. The number of pyridine rings is 1. The van der Waals surface area contributed by atoms with Crippen LogP contribution in [0.25, 0.3) is 11.3 Å². The summed E-state index contributed by atoms with van der Waals surface area (Å²) in [6, 6.07) is 11.3. The quantitative estimate of drug-likeness (QED) is 0.628. The maximum Gasteiger partial charge on any atom is 0.0747 e. The minimum atomic E-state index is 0.206. The lowest BCUT2D eigenvalue weighted by Crippen LogP contribution is -2.55. The number of fused-ring (bicyclic) bond motifs is 3. The molecule has 4 fully saturated rings. The fourth-order valence-electron chi connectivity index (χ4n) is 6.97. The van der Waals surface area contributed by atoms with Crippen molar-refractivity contribution in [1.29, 1.82) is 0 Å². The van der Waals surface area contributed by atoms with Gasteiger partial charge in [-0.3, -0.25) is 4.98 Å². The molecule has 1 aromatic heterocycles. The van der Waals surface area contributed by atoms with Crippen LogP contribution in [0.5, 0.6) is 0 Å². The van der Waals surface area contributed by atoms with Gasteiger partial charge in [0, 0.05) is 17.2 Å². The Hall–Kier alpha value is -1.34. The van der Waals surface area contributed by atoms with Crippen molar-refractivity contribution in [3.63, 3.8) is 0 Å². The van der Waals surface area contributed by atoms with Gasteiger partial charge in [-0.1, -0.05) is 35.9 Å². The van der Waals surface area contributed by atoms with Gasteiger partial charge < -0.3 is 0 Å². The van der Waals surface area contributed by atoms with Gasteiger partial charge in [0.15, 0.2) is 0 Å². The molecule has 4 saturated carbocycles. The lowest BCUT2D eigenvalue weighted by molar-refractivity contribution is -0.0400. The Morgan fingerprint density at radius 3 is 2.35 bits per heavy atom. The number of benzene rings is 1. The Bertz CT molecular complexity index is 796. The van der Waals surface area contributed by atoms with E-state index in [0.717, 1.165) is 28.7 Å². The maximum absolute atomic E-state index is 6.40. The largest absolute Gasteiger partial charge is 0.254 e. The fraction of sp³-hybridized carbons (Fsp3) is 0.476. The standard InChI is InChI=1S/C21H20ClN/c22-16-10-19-20(23-11-16)17-3-1-2-4-18(17)21(19)14-6-12-5-13(8-14)9-15(21)7-12/h1-4,10-15H,5-9H2. The third kappa shape index (κ3) is 1.44.